The van der Waals surface area contributed by atoms with Gasteiger partial charge in [0.15, 0.2) is 0 Å². The van der Waals surface area contributed by atoms with E-state index in [-0.39, 0.29) is 0 Å². The second kappa shape index (κ2) is 5.43. The third-order valence-corrected chi connectivity index (χ3v) is 3.50. The van der Waals surface area contributed by atoms with E-state index in [0.717, 1.165) is 6.54 Å². The maximum absolute atomic E-state index is 3.45. The minimum Gasteiger partial charge on any atom is -0.299 e. The van der Waals surface area contributed by atoms with Crippen LogP contribution in [-0.2, 0) is 0 Å². The third-order valence-electron chi connectivity index (χ3n) is 1.69. The Labute approximate surface area is 91.7 Å². The van der Waals surface area contributed by atoms with Crippen molar-refractivity contribution in [1.29, 1.82) is 0 Å². The molecule has 0 fully saturated rings. The fraction of sp³-hybridized carbons (Fsp3) is 0.400. The first-order valence-corrected chi connectivity index (χ1v) is 5.73. The molecule has 1 heterocycles. The quantitative estimate of drug-likeness (QED) is 0.821. The minimum absolute atomic E-state index is 0.386. The Bertz CT molecular complexity index is 321. The van der Waals surface area contributed by atoms with E-state index < -0.39 is 0 Å². The van der Waals surface area contributed by atoms with Gasteiger partial charge in [-0.3, -0.25) is 5.32 Å². The molecular formula is C10H12BrNS. The van der Waals surface area contributed by atoms with E-state index in [0.29, 0.717) is 6.04 Å². The monoisotopic (exact) mass is 257 g/mol. The SMILES string of the molecule is CC#CCN[C@@H](C)c1ccc(Br)s1. The van der Waals surface area contributed by atoms with Crippen LogP contribution >= 0.6 is 27.3 Å². The van der Waals surface area contributed by atoms with E-state index in [1.807, 2.05) is 6.92 Å². The topological polar surface area (TPSA) is 12.0 Å². The Balaban J connectivity index is 2.47. The lowest BCUT2D eigenvalue weighted by Crippen LogP contribution is -2.17. The molecule has 0 saturated heterocycles. The smallest absolute Gasteiger partial charge is 0.0701 e. The summed E-state index contributed by atoms with van der Waals surface area (Å²) in [5.41, 5.74) is 0. The second-order valence-electron chi connectivity index (χ2n) is 2.67. The summed E-state index contributed by atoms with van der Waals surface area (Å²) in [6, 6.07) is 4.59. The molecule has 0 unspecified atom stereocenters. The molecular weight excluding hydrogens is 246 g/mol. The predicted molar refractivity (Wildman–Crippen MR) is 61.9 cm³/mol. The summed E-state index contributed by atoms with van der Waals surface area (Å²) < 4.78 is 1.18. The van der Waals surface area contributed by atoms with Gasteiger partial charge in [0.25, 0.3) is 0 Å². The van der Waals surface area contributed by atoms with Crippen molar-refractivity contribution in [3.63, 3.8) is 0 Å². The Hall–Kier alpha value is -0.300. The molecule has 0 amide bonds. The van der Waals surface area contributed by atoms with Crippen molar-refractivity contribution in [2.45, 2.75) is 19.9 Å². The van der Waals surface area contributed by atoms with Crippen LogP contribution in [0.2, 0.25) is 0 Å². The van der Waals surface area contributed by atoms with Gasteiger partial charge in [0.05, 0.1) is 10.3 Å². The van der Waals surface area contributed by atoms with Crippen LogP contribution in [0.5, 0.6) is 0 Å². The van der Waals surface area contributed by atoms with Crippen LogP contribution < -0.4 is 5.32 Å². The molecule has 3 heteroatoms. The molecule has 1 rings (SSSR count). The largest absolute Gasteiger partial charge is 0.299 e. The van der Waals surface area contributed by atoms with Crippen molar-refractivity contribution >= 4 is 27.3 Å². The minimum atomic E-state index is 0.386. The summed E-state index contributed by atoms with van der Waals surface area (Å²) in [6.45, 7) is 4.76. The third kappa shape index (κ3) is 3.51. The maximum Gasteiger partial charge on any atom is 0.0701 e. The zero-order chi connectivity index (χ0) is 9.68. The molecule has 1 nitrogen and oxygen atoms in total. The number of hydrogen-bond donors (Lipinski definition) is 1. The van der Waals surface area contributed by atoms with Crippen molar-refractivity contribution in [1.82, 2.24) is 5.32 Å². The predicted octanol–water partition coefficient (Wildman–Crippen LogP) is 3.18. The van der Waals surface area contributed by atoms with E-state index in [1.165, 1.54) is 8.66 Å². The highest BCUT2D eigenvalue weighted by atomic mass is 79.9. The Morgan fingerprint density at radius 3 is 2.92 bits per heavy atom. The summed E-state index contributed by atoms with van der Waals surface area (Å²) in [4.78, 5) is 1.34. The van der Waals surface area contributed by atoms with Gasteiger partial charge in [-0.2, -0.15) is 0 Å². The van der Waals surface area contributed by atoms with Crippen LogP contribution in [0.3, 0.4) is 0 Å². The molecule has 70 valence electrons. The van der Waals surface area contributed by atoms with Crippen molar-refractivity contribution < 1.29 is 0 Å². The molecule has 0 saturated carbocycles. The molecule has 0 aliphatic heterocycles. The number of rotatable bonds is 3. The van der Waals surface area contributed by atoms with Crippen LogP contribution in [0, 0.1) is 11.8 Å². The van der Waals surface area contributed by atoms with Crippen molar-refractivity contribution in [2.24, 2.45) is 0 Å². The van der Waals surface area contributed by atoms with E-state index in [4.69, 9.17) is 0 Å². The molecule has 1 N–H and O–H groups in total. The average Bonchev–Trinajstić information content (AvgIpc) is 2.52. The van der Waals surface area contributed by atoms with Gasteiger partial charge in [0, 0.05) is 10.9 Å². The summed E-state index contributed by atoms with van der Waals surface area (Å²) in [6.07, 6.45) is 0. The van der Waals surface area contributed by atoms with Gasteiger partial charge < -0.3 is 0 Å². The van der Waals surface area contributed by atoms with Crippen molar-refractivity contribution in [2.75, 3.05) is 6.54 Å². The van der Waals surface area contributed by atoms with Crippen LogP contribution in [0.4, 0.5) is 0 Å². The zero-order valence-electron chi connectivity index (χ0n) is 7.73. The Morgan fingerprint density at radius 1 is 1.62 bits per heavy atom. The van der Waals surface area contributed by atoms with Crippen LogP contribution in [-0.4, -0.2) is 6.54 Å². The fourth-order valence-electron chi connectivity index (χ4n) is 0.954. The normalized spacial score (nSPS) is 11.9. The summed E-state index contributed by atoms with van der Waals surface area (Å²) in [7, 11) is 0. The average molecular weight is 258 g/mol. The lowest BCUT2D eigenvalue weighted by molar-refractivity contribution is 0.633. The number of halogens is 1. The molecule has 0 radical (unpaired) electrons. The number of nitrogens with one attached hydrogen (secondary N) is 1. The molecule has 0 bridgehead atoms. The zero-order valence-corrected chi connectivity index (χ0v) is 10.1. The number of hydrogen-bond acceptors (Lipinski definition) is 2. The molecule has 1 aromatic rings. The molecule has 1 aromatic heterocycles. The lowest BCUT2D eigenvalue weighted by Gasteiger charge is -2.08. The first-order valence-electron chi connectivity index (χ1n) is 4.12. The number of thiophene rings is 1. The van der Waals surface area contributed by atoms with E-state index >= 15 is 0 Å². The Kier molecular flexibility index (Phi) is 4.51. The molecule has 1 atom stereocenters. The van der Waals surface area contributed by atoms with Gasteiger partial charge in [-0.25, -0.2) is 0 Å². The lowest BCUT2D eigenvalue weighted by atomic mass is 10.3. The standard InChI is InChI=1S/C10H12BrNS/c1-3-4-7-12-8(2)9-5-6-10(11)13-9/h5-6,8,12H,7H2,1-2H3/t8-/m0/s1. The fourth-order valence-corrected chi connectivity index (χ4v) is 2.40. The maximum atomic E-state index is 3.45. The van der Waals surface area contributed by atoms with Crippen LogP contribution in [0.25, 0.3) is 0 Å². The molecule has 0 aliphatic rings. The summed E-state index contributed by atoms with van der Waals surface area (Å²) >= 11 is 5.20. The highest BCUT2D eigenvalue weighted by Crippen LogP contribution is 2.26. The molecule has 0 aliphatic carbocycles. The first-order chi connectivity index (χ1) is 6.24. The van der Waals surface area contributed by atoms with Crippen molar-refractivity contribution in [3.8, 4) is 11.8 Å². The first kappa shape index (κ1) is 10.8. The van der Waals surface area contributed by atoms with Gasteiger partial charge >= 0.3 is 0 Å². The van der Waals surface area contributed by atoms with Crippen LogP contribution in [0.1, 0.15) is 24.8 Å². The van der Waals surface area contributed by atoms with E-state index in [2.05, 4.69) is 52.1 Å². The van der Waals surface area contributed by atoms with E-state index in [1.54, 1.807) is 11.3 Å². The van der Waals surface area contributed by atoms with Gasteiger partial charge in [-0.1, -0.05) is 5.92 Å². The Morgan fingerprint density at radius 2 is 2.38 bits per heavy atom. The van der Waals surface area contributed by atoms with Gasteiger partial charge in [0.2, 0.25) is 0 Å². The van der Waals surface area contributed by atoms with Gasteiger partial charge in [-0.05, 0) is 41.9 Å². The molecule has 13 heavy (non-hydrogen) atoms. The van der Waals surface area contributed by atoms with Gasteiger partial charge in [-0.15, -0.1) is 17.3 Å². The van der Waals surface area contributed by atoms with Crippen molar-refractivity contribution in [3.05, 3.63) is 20.8 Å². The van der Waals surface area contributed by atoms with E-state index in [9.17, 15) is 0 Å². The molecule has 0 aromatic carbocycles. The molecule has 0 spiro atoms. The van der Waals surface area contributed by atoms with Gasteiger partial charge in [0.1, 0.15) is 0 Å². The summed E-state index contributed by atoms with van der Waals surface area (Å²) in [5.74, 6) is 5.85. The van der Waals surface area contributed by atoms with Crippen LogP contribution in [0.15, 0.2) is 15.9 Å². The second-order valence-corrected chi connectivity index (χ2v) is 5.17. The summed E-state index contributed by atoms with van der Waals surface area (Å²) in [5, 5.41) is 3.33. The highest BCUT2D eigenvalue weighted by Gasteiger charge is 2.05. The highest BCUT2D eigenvalue weighted by molar-refractivity contribution is 9.11.